The third-order valence-corrected chi connectivity index (χ3v) is 11.8. The molecule has 0 aromatic heterocycles. The first-order valence-electron chi connectivity index (χ1n) is 18.2. The van der Waals surface area contributed by atoms with Crippen molar-refractivity contribution in [1.82, 2.24) is 0 Å². The number of ether oxygens (including phenoxy) is 4. The molecule has 1 saturated heterocycles. The summed E-state index contributed by atoms with van der Waals surface area (Å²) in [6, 6.07) is 33.3. The molecule has 1 unspecified atom stereocenters. The quantitative estimate of drug-likeness (QED) is 0.195. The van der Waals surface area contributed by atoms with Crippen LogP contribution in [0.15, 0.2) is 97.1 Å². The molecule has 0 amide bonds. The van der Waals surface area contributed by atoms with E-state index in [1.807, 2.05) is 0 Å². The van der Waals surface area contributed by atoms with Crippen LogP contribution in [0.25, 0.3) is 28.0 Å². The average Bonchev–Trinajstić information content (AvgIpc) is 3.74. The van der Waals surface area contributed by atoms with Gasteiger partial charge in [0.1, 0.15) is 5.75 Å². The smallest absolute Gasteiger partial charge is 0.231 e. The zero-order chi connectivity index (χ0) is 32.4. The standard InChI is InChI=1S/C44H41NO4/c1-2-9-20-43(21-10-3-1)37-14-8-7-13-33(37)40-35-27-38-39(48-29-47-38)28-36(35)42-34(41(40)43)19-22-44(49-42,30-11-5-4-6-12-30)31-15-17-32(18-16-31)45-23-25-46-26-24-45/h4-8,11-19,22,27-28H,1-3,9-10,20-21,23-26,29H2. The van der Waals surface area contributed by atoms with Crippen molar-refractivity contribution in [3.8, 4) is 28.4 Å². The SMILES string of the molecule is C1=CC(c2ccccc2)(c2ccc(N3CCOCC3)cc2)Oc2c1c1c(c3cc4c(cc23)OCO4)-c2ccccc2C12CCCCCCC2. The maximum atomic E-state index is 7.65. The molecule has 2 aliphatic carbocycles. The van der Waals surface area contributed by atoms with E-state index in [1.54, 1.807) is 0 Å². The van der Waals surface area contributed by atoms with Crippen molar-refractivity contribution in [2.75, 3.05) is 38.0 Å². The highest BCUT2D eigenvalue weighted by Crippen LogP contribution is 2.62. The van der Waals surface area contributed by atoms with E-state index in [0.29, 0.717) is 0 Å². The molecule has 1 atom stereocenters. The maximum absolute atomic E-state index is 7.65. The van der Waals surface area contributed by atoms with Crippen molar-refractivity contribution in [1.29, 1.82) is 0 Å². The summed E-state index contributed by atoms with van der Waals surface area (Å²) in [7, 11) is 0. The Morgan fingerprint density at radius 1 is 0.653 bits per heavy atom. The van der Waals surface area contributed by atoms with Crippen LogP contribution < -0.4 is 19.1 Å². The Bertz CT molecular complexity index is 2090. The summed E-state index contributed by atoms with van der Waals surface area (Å²) in [6.45, 7) is 3.58. The van der Waals surface area contributed by atoms with E-state index >= 15 is 0 Å². The molecule has 5 aliphatic rings. The summed E-state index contributed by atoms with van der Waals surface area (Å²) < 4.78 is 25.3. The van der Waals surface area contributed by atoms with Gasteiger partial charge >= 0.3 is 0 Å². The maximum Gasteiger partial charge on any atom is 0.231 e. The summed E-state index contributed by atoms with van der Waals surface area (Å²) >= 11 is 0. The molecule has 5 nitrogen and oxygen atoms in total. The van der Waals surface area contributed by atoms with Gasteiger partial charge in [0.05, 0.1) is 13.2 Å². The Balaban J connectivity index is 1.23. The minimum Gasteiger partial charge on any atom is -0.472 e. The molecule has 1 spiro atoms. The van der Waals surface area contributed by atoms with E-state index in [0.717, 1.165) is 72.9 Å². The number of hydrogen-bond donors (Lipinski definition) is 0. The molecule has 2 fully saturated rings. The molecule has 0 bridgehead atoms. The molecular formula is C44H41NO4. The largest absolute Gasteiger partial charge is 0.472 e. The van der Waals surface area contributed by atoms with Crippen molar-refractivity contribution in [3.63, 3.8) is 0 Å². The fraction of sp³-hybridized carbons (Fsp3) is 0.318. The molecule has 10 rings (SSSR count). The highest BCUT2D eigenvalue weighted by atomic mass is 16.7. The van der Waals surface area contributed by atoms with Gasteiger partial charge in [-0.3, -0.25) is 0 Å². The Morgan fingerprint density at radius 3 is 2.10 bits per heavy atom. The number of fused-ring (bicyclic) bond motifs is 11. The molecule has 5 aromatic rings. The average molecular weight is 648 g/mol. The normalized spacial score (nSPS) is 21.8. The summed E-state index contributed by atoms with van der Waals surface area (Å²) in [4.78, 5) is 2.40. The number of rotatable bonds is 3. The number of nitrogens with zero attached hydrogens (tertiary/aromatic N) is 1. The van der Waals surface area contributed by atoms with Gasteiger partial charge in [-0.05, 0) is 70.8 Å². The van der Waals surface area contributed by atoms with Crippen LogP contribution >= 0.6 is 0 Å². The number of hydrogen-bond acceptors (Lipinski definition) is 5. The van der Waals surface area contributed by atoms with E-state index in [9.17, 15) is 0 Å². The lowest BCUT2D eigenvalue weighted by molar-refractivity contribution is 0.122. The van der Waals surface area contributed by atoms with Crippen LogP contribution in [0.1, 0.15) is 72.8 Å². The van der Waals surface area contributed by atoms with Crippen molar-refractivity contribution in [2.45, 2.75) is 56.0 Å². The molecule has 246 valence electrons. The van der Waals surface area contributed by atoms with Crippen molar-refractivity contribution in [2.24, 2.45) is 0 Å². The summed E-state index contributed by atoms with van der Waals surface area (Å²) in [5, 5.41) is 2.26. The molecular weight excluding hydrogens is 606 g/mol. The number of anilines is 1. The second-order valence-electron chi connectivity index (χ2n) is 14.3. The van der Waals surface area contributed by atoms with Crippen LogP contribution in [0.2, 0.25) is 0 Å². The molecule has 5 heteroatoms. The first kappa shape index (κ1) is 29.2. The van der Waals surface area contributed by atoms with Crippen LogP contribution in [-0.2, 0) is 15.8 Å². The predicted molar refractivity (Wildman–Crippen MR) is 195 cm³/mol. The fourth-order valence-electron chi connectivity index (χ4n) is 9.49. The van der Waals surface area contributed by atoms with Gasteiger partial charge < -0.3 is 23.8 Å². The third-order valence-electron chi connectivity index (χ3n) is 11.8. The van der Waals surface area contributed by atoms with Crippen LogP contribution in [0.5, 0.6) is 17.2 Å². The zero-order valence-electron chi connectivity index (χ0n) is 27.9. The summed E-state index contributed by atoms with van der Waals surface area (Å²) in [5.41, 5.74) is 9.41. The van der Waals surface area contributed by atoms with Gasteiger partial charge in [0.15, 0.2) is 17.1 Å². The lowest BCUT2D eigenvalue weighted by atomic mass is 9.67. The molecule has 49 heavy (non-hydrogen) atoms. The van der Waals surface area contributed by atoms with E-state index < -0.39 is 5.60 Å². The van der Waals surface area contributed by atoms with Gasteiger partial charge in [0.25, 0.3) is 0 Å². The first-order chi connectivity index (χ1) is 24.3. The van der Waals surface area contributed by atoms with Crippen molar-refractivity contribution in [3.05, 3.63) is 125 Å². The van der Waals surface area contributed by atoms with Crippen molar-refractivity contribution < 1.29 is 18.9 Å². The molecule has 0 N–H and O–H groups in total. The molecule has 1 saturated carbocycles. The Kier molecular flexibility index (Phi) is 6.80. The Labute approximate surface area is 288 Å². The number of morpholine rings is 1. The highest BCUT2D eigenvalue weighted by Gasteiger charge is 2.48. The van der Waals surface area contributed by atoms with Gasteiger partial charge in [0, 0.05) is 46.3 Å². The lowest BCUT2D eigenvalue weighted by Crippen LogP contribution is -2.37. The summed E-state index contributed by atoms with van der Waals surface area (Å²) in [6.07, 6.45) is 13.4. The Hall–Kier alpha value is -4.74. The van der Waals surface area contributed by atoms with Gasteiger partial charge in [-0.1, -0.05) is 105 Å². The molecule has 0 radical (unpaired) electrons. The topological polar surface area (TPSA) is 40.2 Å². The van der Waals surface area contributed by atoms with Crippen LogP contribution in [0.4, 0.5) is 5.69 Å². The minimum absolute atomic E-state index is 0.0543. The molecule has 3 heterocycles. The van der Waals surface area contributed by atoms with Crippen molar-refractivity contribution >= 4 is 22.5 Å². The van der Waals surface area contributed by atoms with E-state index in [1.165, 1.54) is 71.0 Å². The second-order valence-corrected chi connectivity index (χ2v) is 14.3. The first-order valence-corrected chi connectivity index (χ1v) is 18.2. The van der Waals surface area contributed by atoms with E-state index in [2.05, 4.69) is 108 Å². The van der Waals surface area contributed by atoms with E-state index in [4.69, 9.17) is 18.9 Å². The minimum atomic E-state index is -0.811. The van der Waals surface area contributed by atoms with Crippen LogP contribution in [0.3, 0.4) is 0 Å². The van der Waals surface area contributed by atoms with Crippen LogP contribution in [-0.4, -0.2) is 33.1 Å². The third kappa shape index (κ3) is 4.41. The van der Waals surface area contributed by atoms with Gasteiger partial charge in [-0.2, -0.15) is 0 Å². The molecule has 3 aliphatic heterocycles. The van der Waals surface area contributed by atoms with Gasteiger partial charge in [-0.15, -0.1) is 0 Å². The summed E-state index contributed by atoms with van der Waals surface area (Å²) in [5.74, 6) is 2.52. The van der Waals surface area contributed by atoms with Gasteiger partial charge in [0.2, 0.25) is 6.79 Å². The zero-order valence-corrected chi connectivity index (χ0v) is 27.9. The fourth-order valence-corrected chi connectivity index (χ4v) is 9.49. The van der Waals surface area contributed by atoms with Crippen LogP contribution in [0, 0.1) is 0 Å². The molecule has 5 aromatic carbocycles. The predicted octanol–water partition coefficient (Wildman–Crippen LogP) is 9.77. The second kappa shape index (κ2) is 11.4. The monoisotopic (exact) mass is 647 g/mol. The van der Waals surface area contributed by atoms with E-state index in [-0.39, 0.29) is 12.2 Å². The lowest BCUT2D eigenvalue weighted by Gasteiger charge is -2.40. The number of benzene rings is 5. The Morgan fingerprint density at radius 2 is 1.33 bits per heavy atom. The van der Waals surface area contributed by atoms with Gasteiger partial charge in [-0.25, -0.2) is 0 Å². The highest BCUT2D eigenvalue weighted by molar-refractivity contribution is 6.09.